The SMILES string of the molecule is CC1CCCN(c2c(F)c(F)nc(F)c2F)CC1. The molecule has 18 heavy (non-hydrogen) atoms. The van der Waals surface area contributed by atoms with E-state index in [1.807, 2.05) is 6.92 Å². The Hall–Kier alpha value is -1.33. The highest BCUT2D eigenvalue weighted by atomic mass is 19.2. The van der Waals surface area contributed by atoms with E-state index in [9.17, 15) is 17.6 Å². The van der Waals surface area contributed by atoms with Crippen molar-refractivity contribution in [3.05, 3.63) is 23.5 Å². The highest BCUT2D eigenvalue weighted by molar-refractivity contribution is 5.48. The third-order valence-corrected chi connectivity index (χ3v) is 3.31. The van der Waals surface area contributed by atoms with Crippen LogP contribution in [-0.4, -0.2) is 18.1 Å². The molecule has 1 aliphatic heterocycles. The highest BCUT2D eigenvalue weighted by Crippen LogP contribution is 2.29. The molecule has 1 aliphatic rings. The van der Waals surface area contributed by atoms with Crippen LogP contribution in [0, 0.1) is 29.4 Å². The number of hydrogen-bond acceptors (Lipinski definition) is 2. The van der Waals surface area contributed by atoms with Gasteiger partial charge in [0.25, 0.3) is 11.9 Å². The molecular formula is C12H14F4N2. The molecule has 0 aromatic carbocycles. The largest absolute Gasteiger partial charge is 0.366 e. The summed E-state index contributed by atoms with van der Waals surface area (Å²) in [6.07, 6.45) is 2.42. The molecule has 0 amide bonds. The molecule has 0 radical (unpaired) electrons. The zero-order chi connectivity index (χ0) is 13.3. The van der Waals surface area contributed by atoms with Gasteiger partial charge in [0.1, 0.15) is 5.69 Å². The second-order valence-corrected chi connectivity index (χ2v) is 4.69. The van der Waals surface area contributed by atoms with Crippen molar-refractivity contribution in [3.63, 3.8) is 0 Å². The molecule has 1 fully saturated rings. The Bertz CT molecular complexity index is 424. The molecule has 2 rings (SSSR count). The first kappa shape index (κ1) is 13.1. The number of hydrogen-bond donors (Lipinski definition) is 0. The fourth-order valence-corrected chi connectivity index (χ4v) is 2.24. The summed E-state index contributed by atoms with van der Waals surface area (Å²) in [6, 6.07) is 0. The average Bonchev–Trinajstić information content (AvgIpc) is 2.53. The summed E-state index contributed by atoms with van der Waals surface area (Å²) in [6.45, 7) is 2.82. The van der Waals surface area contributed by atoms with Crippen molar-refractivity contribution in [1.29, 1.82) is 0 Å². The van der Waals surface area contributed by atoms with Crippen molar-refractivity contribution in [2.24, 2.45) is 5.92 Å². The minimum absolute atomic E-state index is 0.387. The van der Waals surface area contributed by atoms with Gasteiger partial charge in [-0.2, -0.15) is 22.5 Å². The van der Waals surface area contributed by atoms with Gasteiger partial charge >= 0.3 is 0 Å². The molecule has 0 saturated carbocycles. The van der Waals surface area contributed by atoms with Gasteiger partial charge < -0.3 is 4.90 Å². The quantitative estimate of drug-likeness (QED) is 0.570. The summed E-state index contributed by atoms with van der Waals surface area (Å²) >= 11 is 0. The summed E-state index contributed by atoms with van der Waals surface area (Å²) in [7, 11) is 0. The fraction of sp³-hybridized carbons (Fsp3) is 0.583. The molecule has 0 spiro atoms. The third-order valence-electron chi connectivity index (χ3n) is 3.31. The van der Waals surface area contributed by atoms with Crippen LogP contribution in [0.2, 0.25) is 0 Å². The Morgan fingerprint density at radius 3 is 2.22 bits per heavy atom. The maximum Gasteiger partial charge on any atom is 0.253 e. The molecule has 2 nitrogen and oxygen atoms in total. The molecule has 0 aliphatic carbocycles. The number of anilines is 1. The number of rotatable bonds is 1. The van der Waals surface area contributed by atoms with Gasteiger partial charge in [-0.1, -0.05) is 6.92 Å². The van der Waals surface area contributed by atoms with Gasteiger partial charge in [-0.3, -0.25) is 0 Å². The number of nitrogens with zero attached hydrogens (tertiary/aromatic N) is 2. The predicted octanol–water partition coefficient (Wildman–Crippen LogP) is 3.26. The molecule has 6 heteroatoms. The van der Waals surface area contributed by atoms with E-state index in [1.165, 1.54) is 4.90 Å². The lowest BCUT2D eigenvalue weighted by Gasteiger charge is -2.23. The van der Waals surface area contributed by atoms with Crippen LogP contribution in [0.1, 0.15) is 26.2 Å². The van der Waals surface area contributed by atoms with E-state index in [2.05, 4.69) is 4.98 Å². The molecule has 1 aromatic heterocycles. The summed E-state index contributed by atoms with van der Waals surface area (Å²) in [5.41, 5.74) is -0.630. The zero-order valence-electron chi connectivity index (χ0n) is 10.0. The van der Waals surface area contributed by atoms with Crippen LogP contribution < -0.4 is 4.90 Å². The monoisotopic (exact) mass is 262 g/mol. The van der Waals surface area contributed by atoms with Crippen molar-refractivity contribution in [3.8, 4) is 0 Å². The first-order valence-electron chi connectivity index (χ1n) is 5.95. The molecule has 100 valence electrons. The van der Waals surface area contributed by atoms with Gasteiger partial charge in [0.05, 0.1) is 0 Å². The lowest BCUT2D eigenvalue weighted by atomic mass is 10.0. The number of pyridine rings is 1. The Morgan fingerprint density at radius 1 is 1.00 bits per heavy atom. The molecule has 0 bridgehead atoms. The van der Waals surface area contributed by atoms with E-state index in [-0.39, 0.29) is 0 Å². The lowest BCUT2D eigenvalue weighted by Crippen LogP contribution is -2.27. The Kier molecular flexibility index (Phi) is 3.73. The van der Waals surface area contributed by atoms with Crippen LogP contribution in [0.25, 0.3) is 0 Å². The van der Waals surface area contributed by atoms with Crippen LogP contribution in [0.4, 0.5) is 23.2 Å². The van der Waals surface area contributed by atoms with E-state index in [4.69, 9.17) is 0 Å². The van der Waals surface area contributed by atoms with Crippen LogP contribution in [0.15, 0.2) is 0 Å². The van der Waals surface area contributed by atoms with Crippen molar-refractivity contribution in [1.82, 2.24) is 4.98 Å². The van der Waals surface area contributed by atoms with Gasteiger partial charge in [-0.25, -0.2) is 0 Å². The molecule has 1 saturated heterocycles. The van der Waals surface area contributed by atoms with E-state index >= 15 is 0 Å². The molecular weight excluding hydrogens is 248 g/mol. The average molecular weight is 262 g/mol. The minimum atomic E-state index is -1.60. The van der Waals surface area contributed by atoms with Crippen LogP contribution in [0.3, 0.4) is 0 Å². The van der Waals surface area contributed by atoms with Gasteiger partial charge in [-0.15, -0.1) is 0 Å². The molecule has 1 unspecified atom stereocenters. The first-order valence-corrected chi connectivity index (χ1v) is 5.95. The highest BCUT2D eigenvalue weighted by Gasteiger charge is 2.26. The summed E-state index contributed by atoms with van der Waals surface area (Å²) in [5.74, 6) is -5.58. The standard InChI is InChI=1S/C12H14F4N2/c1-7-3-2-5-18(6-4-7)10-8(13)11(15)17-12(16)9(10)14/h7H,2-6H2,1H3. The van der Waals surface area contributed by atoms with Crippen LogP contribution in [0.5, 0.6) is 0 Å². The topological polar surface area (TPSA) is 16.1 Å². The molecule has 1 atom stereocenters. The summed E-state index contributed by atoms with van der Waals surface area (Å²) in [5, 5.41) is 0. The summed E-state index contributed by atoms with van der Waals surface area (Å²) in [4.78, 5) is 3.92. The third kappa shape index (κ3) is 2.42. The Labute approximate surface area is 103 Å². The van der Waals surface area contributed by atoms with Gasteiger partial charge in [0, 0.05) is 13.1 Å². The van der Waals surface area contributed by atoms with E-state index in [1.54, 1.807) is 0 Å². The van der Waals surface area contributed by atoms with E-state index < -0.39 is 29.2 Å². The van der Waals surface area contributed by atoms with Crippen molar-refractivity contribution < 1.29 is 17.6 Å². The van der Waals surface area contributed by atoms with Crippen molar-refractivity contribution >= 4 is 5.69 Å². The number of halogens is 4. The van der Waals surface area contributed by atoms with Gasteiger partial charge in [0.15, 0.2) is 0 Å². The maximum atomic E-state index is 13.6. The van der Waals surface area contributed by atoms with Crippen molar-refractivity contribution in [2.45, 2.75) is 26.2 Å². The van der Waals surface area contributed by atoms with Crippen LogP contribution >= 0.6 is 0 Å². The number of aromatic nitrogens is 1. The van der Waals surface area contributed by atoms with Gasteiger partial charge in [-0.05, 0) is 25.2 Å². The van der Waals surface area contributed by atoms with E-state index in [0.717, 1.165) is 19.3 Å². The fourth-order valence-electron chi connectivity index (χ4n) is 2.24. The molecule has 1 aromatic rings. The van der Waals surface area contributed by atoms with Crippen molar-refractivity contribution in [2.75, 3.05) is 18.0 Å². The van der Waals surface area contributed by atoms with E-state index in [0.29, 0.717) is 19.0 Å². The lowest BCUT2D eigenvalue weighted by molar-refractivity contribution is 0.405. The smallest absolute Gasteiger partial charge is 0.253 e. The first-order chi connectivity index (χ1) is 8.50. The zero-order valence-corrected chi connectivity index (χ0v) is 10.0. The maximum absolute atomic E-state index is 13.6. The predicted molar refractivity (Wildman–Crippen MR) is 59.3 cm³/mol. The second-order valence-electron chi connectivity index (χ2n) is 4.69. The normalized spacial score (nSPS) is 20.9. The molecule has 0 N–H and O–H groups in total. The second kappa shape index (κ2) is 5.12. The molecule has 2 heterocycles. The van der Waals surface area contributed by atoms with Gasteiger partial charge in [0.2, 0.25) is 11.6 Å². The minimum Gasteiger partial charge on any atom is -0.366 e. The Morgan fingerprint density at radius 2 is 1.61 bits per heavy atom. The van der Waals surface area contributed by atoms with Crippen LogP contribution in [-0.2, 0) is 0 Å². The Balaban J connectivity index is 2.37. The summed E-state index contributed by atoms with van der Waals surface area (Å²) < 4.78 is 53.2.